The Bertz CT molecular complexity index is 1280. The van der Waals surface area contributed by atoms with Gasteiger partial charge in [-0.25, -0.2) is 0 Å². The van der Waals surface area contributed by atoms with Crippen LogP contribution in [0.2, 0.25) is 5.02 Å². The molecule has 0 aromatic heterocycles. The van der Waals surface area contributed by atoms with Crippen LogP contribution in [0.3, 0.4) is 0 Å². The van der Waals surface area contributed by atoms with E-state index in [4.69, 9.17) is 38.0 Å². The van der Waals surface area contributed by atoms with E-state index in [9.17, 15) is 4.79 Å². The number of nitrogens with one attached hydrogen (secondary N) is 2. The largest absolute Gasteiger partial charge is 0.497 e. The molecule has 2 heterocycles. The number of rotatable bonds is 5. The van der Waals surface area contributed by atoms with Crippen LogP contribution in [0.4, 0.5) is 11.4 Å². The van der Waals surface area contributed by atoms with Crippen molar-refractivity contribution in [2.24, 2.45) is 5.92 Å². The summed E-state index contributed by atoms with van der Waals surface area (Å²) in [6, 6.07) is 19.6. The van der Waals surface area contributed by atoms with Crippen LogP contribution in [0.5, 0.6) is 17.2 Å². The van der Waals surface area contributed by atoms with Gasteiger partial charge in [-0.2, -0.15) is 0 Å². The molecule has 1 saturated heterocycles. The van der Waals surface area contributed by atoms with Gasteiger partial charge in [-0.05, 0) is 73.7 Å². The Labute approximate surface area is 213 Å². The van der Waals surface area contributed by atoms with E-state index < -0.39 is 17.7 Å². The van der Waals surface area contributed by atoms with Crippen LogP contribution in [0.15, 0.2) is 66.7 Å². The zero-order valence-corrected chi connectivity index (χ0v) is 20.9. The maximum atomic E-state index is 13.9. The van der Waals surface area contributed by atoms with Crippen LogP contribution in [0.25, 0.3) is 0 Å². The highest BCUT2D eigenvalue weighted by atomic mass is 35.5. The summed E-state index contributed by atoms with van der Waals surface area (Å²) in [6.45, 7) is 1.87. The molecule has 35 heavy (non-hydrogen) atoms. The van der Waals surface area contributed by atoms with E-state index >= 15 is 0 Å². The Morgan fingerprint density at radius 3 is 2.46 bits per heavy atom. The number of halogens is 1. The highest BCUT2D eigenvalue weighted by molar-refractivity contribution is 7.80. The molecule has 2 bridgehead atoms. The minimum atomic E-state index is -1.17. The molecule has 3 aromatic carbocycles. The van der Waals surface area contributed by atoms with Gasteiger partial charge >= 0.3 is 0 Å². The van der Waals surface area contributed by atoms with Gasteiger partial charge in [-0.15, -0.1) is 0 Å². The Balaban J connectivity index is 1.61. The van der Waals surface area contributed by atoms with E-state index in [1.165, 1.54) is 0 Å². The van der Waals surface area contributed by atoms with E-state index in [-0.39, 0.29) is 5.91 Å². The third-order valence-corrected chi connectivity index (χ3v) is 6.99. The van der Waals surface area contributed by atoms with Gasteiger partial charge < -0.3 is 24.8 Å². The number of ether oxygens (including phenoxy) is 3. The lowest BCUT2D eigenvalue weighted by Crippen LogP contribution is -2.72. The predicted molar refractivity (Wildman–Crippen MR) is 140 cm³/mol. The van der Waals surface area contributed by atoms with Crippen LogP contribution in [0, 0.1) is 5.92 Å². The second kappa shape index (κ2) is 8.94. The van der Waals surface area contributed by atoms with Gasteiger partial charge in [0.15, 0.2) is 22.3 Å². The van der Waals surface area contributed by atoms with Gasteiger partial charge in [-0.1, -0.05) is 23.7 Å². The molecule has 0 spiro atoms. The highest BCUT2D eigenvalue weighted by Gasteiger charge is 2.59. The third-order valence-electron chi connectivity index (χ3n) is 6.43. The first-order chi connectivity index (χ1) is 16.9. The van der Waals surface area contributed by atoms with Crippen LogP contribution in [-0.4, -0.2) is 31.0 Å². The molecule has 0 unspecified atom stereocenters. The van der Waals surface area contributed by atoms with Crippen molar-refractivity contribution in [2.75, 3.05) is 24.4 Å². The number of methoxy groups -OCH3 is 2. The van der Waals surface area contributed by atoms with Crippen LogP contribution >= 0.6 is 23.8 Å². The molecule has 1 amide bonds. The number of anilines is 2. The summed E-state index contributed by atoms with van der Waals surface area (Å²) in [5, 5.41) is 7.46. The van der Waals surface area contributed by atoms with Gasteiger partial charge in [0.05, 0.1) is 20.3 Å². The molecule has 0 aliphatic carbocycles. The van der Waals surface area contributed by atoms with E-state index in [1.54, 1.807) is 50.6 Å². The van der Waals surface area contributed by atoms with Crippen molar-refractivity contribution < 1.29 is 19.0 Å². The molecule has 2 aliphatic rings. The summed E-state index contributed by atoms with van der Waals surface area (Å²) >= 11 is 11.9. The van der Waals surface area contributed by atoms with Gasteiger partial charge in [-0.3, -0.25) is 9.69 Å². The number of fused-ring (bicyclic) bond motifs is 4. The molecule has 3 aromatic rings. The lowest BCUT2D eigenvalue weighted by molar-refractivity contribution is -0.130. The number of nitrogens with zero attached hydrogens (tertiary/aromatic N) is 1. The number of hydrogen-bond acceptors (Lipinski definition) is 5. The number of carbonyl (C=O) groups is 1. The first-order valence-electron chi connectivity index (χ1n) is 11.0. The Hall–Kier alpha value is -3.49. The molecular weight excluding hydrogens is 486 g/mol. The molecule has 2 aliphatic heterocycles. The fourth-order valence-corrected chi connectivity index (χ4v) is 5.34. The lowest BCUT2D eigenvalue weighted by Gasteiger charge is -2.56. The first kappa shape index (κ1) is 23.3. The van der Waals surface area contributed by atoms with E-state index in [1.807, 2.05) is 42.2 Å². The number of hydrogen-bond donors (Lipinski definition) is 2. The first-order valence-corrected chi connectivity index (χ1v) is 11.8. The summed E-state index contributed by atoms with van der Waals surface area (Å²) in [5.41, 5.74) is 1.02. The summed E-state index contributed by atoms with van der Waals surface area (Å²) < 4.78 is 17.5. The van der Waals surface area contributed by atoms with Crippen LogP contribution in [0.1, 0.15) is 18.5 Å². The van der Waals surface area contributed by atoms with Crippen molar-refractivity contribution in [1.82, 2.24) is 5.32 Å². The minimum absolute atomic E-state index is 0.217. The van der Waals surface area contributed by atoms with Crippen LogP contribution in [-0.2, 0) is 4.79 Å². The zero-order valence-electron chi connectivity index (χ0n) is 19.4. The quantitative estimate of drug-likeness (QED) is 0.460. The molecule has 5 rings (SSSR count). The fraction of sp³-hybridized carbons (Fsp3) is 0.231. The Morgan fingerprint density at radius 1 is 1.09 bits per heavy atom. The maximum absolute atomic E-state index is 13.9. The zero-order chi connectivity index (χ0) is 24.7. The van der Waals surface area contributed by atoms with Gasteiger partial charge in [0, 0.05) is 22.0 Å². The minimum Gasteiger partial charge on any atom is -0.497 e. The maximum Gasteiger partial charge on any atom is 0.236 e. The number of amides is 1. The molecule has 0 saturated carbocycles. The Kier molecular flexibility index (Phi) is 5.94. The van der Waals surface area contributed by atoms with Crippen molar-refractivity contribution >= 4 is 46.2 Å². The Morgan fingerprint density at radius 2 is 1.80 bits per heavy atom. The van der Waals surface area contributed by atoms with Crippen molar-refractivity contribution in [2.45, 2.75) is 18.7 Å². The molecule has 0 radical (unpaired) electrons. The molecule has 180 valence electrons. The van der Waals surface area contributed by atoms with Crippen molar-refractivity contribution in [3.05, 3.63) is 77.3 Å². The second-order valence-corrected chi connectivity index (χ2v) is 9.29. The molecule has 1 fully saturated rings. The lowest BCUT2D eigenvalue weighted by atomic mass is 9.78. The predicted octanol–water partition coefficient (Wildman–Crippen LogP) is 5.16. The smallest absolute Gasteiger partial charge is 0.236 e. The van der Waals surface area contributed by atoms with E-state index in [0.717, 1.165) is 11.3 Å². The van der Waals surface area contributed by atoms with Gasteiger partial charge in [0.25, 0.3) is 0 Å². The fourth-order valence-electron chi connectivity index (χ4n) is 4.80. The summed E-state index contributed by atoms with van der Waals surface area (Å²) in [4.78, 5) is 15.7. The number of thiocarbonyl (C=S) groups is 1. The van der Waals surface area contributed by atoms with Crippen molar-refractivity contribution in [3.8, 4) is 17.2 Å². The van der Waals surface area contributed by atoms with Crippen molar-refractivity contribution in [3.63, 3.8) is 0 Å². The second-order valence-electron chi connectivity index (χ2n) is 8.47. The molecule has 2 N–H and O–H groups in total. The summed E-state index contributed by atoms with van der Waals surface area (Å²) in [5.74, 6) is 0.967. The summed E-state index contributed by atoms with van der Waals surface area (Å²) in [6.07, 6.45) is 0. The van der Waals surface area contributed by atoms with E-state index in [0.29, 0.717) is 33.1 Å². The summed E-state index contributed by atoms with van der Waals surface area (Å²) in [7, 11) is 3.19. The van der Waals surface area contributed by atoms with Gasteiger partial charge in [0.1, 0.15) is 11.7 Å². The topological polar surface area (TPSA) is 72.1 Å². The normalized spacial score (nSPS) is 22.4. The highest BCUT2D eigenvalue weighted by Crippen LogP contribution is 2.52. The number of para-hydroxylation sites is 1. The molecule has 9 heteroatoms. The number of carbonyl (C=O) groups excluding carboxylic acids is 1. The average Bonchev–Trinajstić information content (AvgIpc) is 2.84. The van der Waals surface area contributed by atoms with Crippen molar-refractivity contribution in [1.29, 1.82) is 0 Å². The molecule has 3 atom stereocenters. The van der Waals surface area contributed by atoms with Gasteiger partial charge in [0.2, 0.25) is 5.91 Å². The number of benzene rings is 3. The average molecular weight is 510 g/mol. The van der Waals surface area contributed by atoms with E-state index in [2.05, 4.69) is 10.6 Å². The molecule has 7 nitrogen and oxygen atoms in total. The SMILES string of the molecule is COc1ccc(NC(=O)[C@@H]2[C@H]3NC(=S)N(c4ccc(Cl)cc4)[C@@]2(C)Oc2c(OC)cccc23)cc1. The standard InChI is InChI=1S/C26H24ClN3O4S/c1-26-21(24(31)28-16-9-13-18(32-2)14-10-16)22(19-5-4-6-20(33-3)23(19)34-26)29-25(35)30(26)17-11-7-15(27)8-12-17/h4-14,21-22H,1-3H3,(H,28,31)(H,29,35)/t21-,22-,26-/m0/s1. The third kappa shape index (κ3) is 3.92. The monoisotopic (exact) mass is 509 g/mol. The van der Waals surface area contributed by atoms with Crippen LogP contribution < -0.4 is 29.7 Å². The molecular formula is C26H24ClN3O4S.